The van der Waals surface area contributed by atoms with Crippen molar-refractivity contribution in [2.24, 2.45) is 11.8 Å². The lowest BCUT2D eigenvalue weighted by atomic mass is 9.73. The number of halogens is 1. The Labute approximate surface area is 162 Å². The fraction of sp³-hybridized carbons (Fsp3) is 0.682. The lowest BCUT2D eigenvalue weighted by Crippen LogP contribution is -2.54. The average molecular weight is 377 g/mol. The maximum atomic E-state index is 12.8. The van der Waals surface area contributed by atoms with Gasteiger partial charge in [-0.1, -0.05) is 49.6 Å². The predicted molar refractivity (Wildman–Crippen MR) is 105 cm³/mol. The largest absolute Gasteiger partial charge is 0.390 e. The standard InChI is InChI=1S/C22H33FN2O2/c1-16-11-18-9-5-6-10-19(18)14-25(16)15-21(26)20(24-22(27)13-23)12-17-7-3-2-4-8-17/h2-4,7-8,16,18-21,26H,5-6,9-15H2,1H3,(H,24,27)/t16-,18?,19?,20?,21?/m1/s1. The molecule has 1 aromatic carbocycles. The van der Waals surface area contributed by atoms with E-state index in [1.54, 1.807) is 0 Å². The summed E-state index contributed by atoms with van der Waals surface area (Å²) in [5, 5.41) is 13.6. The third kappa shape index (κ3) is 5.52. The van der Waals surface area contributed by atoms with Crippen LogP contribution in [0.5, 0.6) is 0 Å². The van der Waals surface area contributed by atoms with Crippen molar-refractivity contribution in [1.29, 1.82) is 0 Å². The topological polar surface area (TPSA) is 52.6 Å². The van der Waals surface area contributed by atoms with E-state index in [1.807, 2.05) is 30.3 Å². The number of likely N-dealkylation sites (tertiary alicyclic amines) is 1. The molecule has 0 aromatic heterocycles. The molecule has 0 radical (unpaired) electrons. The number of aliphatic hydroxyl groups excluding tert-OH is 1. The summed E-state index contributed by atoms with van der Waals surface area (Å²) in [5.74, 6) is 0.901. The number of nitrogens with one attached hydrogen (secondary N) is 1. The van der Waals surface area contributed by atoms with E-state index in [0.717, 1.165) is 23.9 Å². The first-order valence-electron chi connectivity index (χ1n) is 10.4. The molecule has 0 spiro atoms. The number of alkyl halides is 1. The predicted octanol–water partition coefficient (Wildman–Crippen LogP) is 2.94. The van der Waals surface area contributed by atoms with E-state index in [1.165, 1.54) is 32.1 Å². The van der Waals surface area contributed by atoms with Crippen LogP contribution in [0.25, 0.3) is 0 Å². The van der Waals surface area contributed by atoms with Crippen LogP contribution in [0.4, 0.5) is 4.39 Å². The second-order valence-electron chi connectivity index (χ2n) is 8.41. The third-order valence-corrected chi connectivity index (χ3v) is 6.45. The molecular weight excluding hydrogens is 343 g/mol. The fourth-order valence-corrected chi connectivity index (χ4v) is 4.92. The second kappa shape index (κ2) is 9.65. The number of carbonyl (C=O) groups excluding carboxylic acids is 1. The minimum Gasteiger partial charge on any atom is -0.390 e. The zero-order valence-corrected chi connectivity index (χ0v) is 16.3. The minimum absolute atomic E-state index is 0.438. The van der Waals surface area contributed by atoms with E-state index in [0.29, 0.717) is 19.0 Å². The molecule has 1 aromatic rings. The molecule has 2 fully saturated rings. The van der Waals surface area contributed by atoms with E-state index < -0.39 is 24.7 Å². The van der Waals surface area contributed by atoms with Crippen molar-refractivity contribution >= 4 is 5.91 Å². The Morgan fingerprint density at radius 3 is 2.67 bits per heavy atom. The number of fused-ring (bicyclic) bond motifs is 1. The van der Waals surface area contributed by atoms with Gasteiger partial charge < -0.3 is 10.4 Å². The first kappa shape index (κ1) is 20.3. The summed E-state index contributed by atoms with van der Waals surface area (Å²) < 4.78 is 12.8. The summed E-state index contributed by atoms with van der Waals surface area (Å²) in [6.07, 6.45) is 6.27. The van der Waals surface area contributed by atoms with Crippen molar-refractivity contribution in [1.82, 2.24) is 10.2 Å². The highest BCUT2D eigenvalue weighted by Gasteiger charge is 2.36. The van der Waals surface area contributed by atoms with Crippen LogP contribution < -0.4 is 5.32 Å². The van der Waals surface area contributed by atoms with Gasteiger partial charge in [-0.05, 0) is 43.6 Å². The summed E-state index contributed by atoms with van der Waals surface area (Å²) in [4.78, 5) is 14.0. The Bertz CT molecular complexity index is 597. The molecule has 2 N–H and O–H groups in total. The van der Waals surface area contributed by atoms with E-state index in [4.69, 9.17) is 0 Å². The van der Waals surface area contributed by atoms with Gasteiger partial charge >= 0.3 is 0 Å². The van der Waals surface area contributed by atoms with Gasteiger partial charge in [-0.25, -0.2) is 4.39 Å². The maximum Gasteiger partial charge on any atom is 0.251 e. The summed E-state index contributed by atoms with van der Waals surface area (Å²) in [6, 6.07) is 9.71. The van der Waals surface area contributed by atoms with Gasteiger partial charge in [0.25, 0.3) is 5.91 Å². The molecule has 27 heavy (non-hydrogen) atoms. The van der Waals surface area contributed by atoms with Gasteiger partial charge in [0.05, 0.1) is 12.1 Å². The molecule has 150 valence electrons. The Morgan fingerprint density at radius 1 is 1.26 bits per heavy atom. The maximum absolute atomic E-state index is 12.8. The van der Waals surface area contributed by atoms with Gasteiger partial charge in [0.1, 0.15) is 0 Å². The highest BCUT2D eigenvalue weighted by molar-refractivity contribution is 5.77. The van der Waals surface area contributed by atoms with Crippen LogP contribution in [-0.2, 0) is 11.2 Å². The van der Waals surface area contributed by atoms with Crippen molar-refractivity contribution in [2.45, 2.75) is 63.6 Å². The SMILES string of the molecule is C[C@@H]1CC2CCCCC2CN1CC(O)C(Cc1ccccc1)NC(=O)CF. The fourth-order valence-electron chi connectivity index (χ4n) is 4.92. The zero-order chi connectivity index (χ0) is 19.2. The normalized spacial score (nSPS) is 28.2. The number of hydrogen-bond acceptors (Lipinski definition) is 3. The van der Waals surface area contributed by atoms with Crippen molar-refractivity contribution < 1.29 is 14.3 Å². The highest BCUT2D eigenvalue weighted by atomic mass is 19.1. The van der Waals surface area contributed by atoms with Crippen molar-refractivity contribution in [3.63, 3.8) is 0 Å². The first-order valence-corrected chi connectivity index (χ1v) is 10.4. The summed E-state index contributed by atoms with van der Waals surface area (Å²) in [5.41, 5.74) is 1.03. The van der Waals surface area contributed by atoms with E-state index >= 15 is 0 Å². The lowest BCUT2D eigenvalue weighted by Gasteiger charge is -2.46. The Balaban J connectivity index is 1.63. The molecule has 1 aliphatic heterocycles. The minimum atomic E-state index is -1.05. The number of rotatable bonds is 7. The van der Waals surface area contributed by atoms with Crippen LogP contribution in [0.1, 0.15) is 44.6 Å². The third-order valence-electron chi connectivity index (χ3n) is 6.45. The molecule has 4 nitrogen and oxygen atoms in total. The van der Waals surface area contributed by atoms with Crippen molar-refractivity contribution in [3.05, 3.63) is 35.9 Å². The molecule has 0 bridgehead atoms. The van der Waals surface area contributed by atoms with Crippen LogP contribution in [0.2, 0.25) is 0 Å². The molecular formula is C22H33FN2O2. The summed E-state index contributed by atoms with van der Waals surface area (Å²) >= 11 is 0. The van der Waals surface area contributed by atoms with Crippen LogP contribution in [-0.4, -0.2) is 53.9 Å². The lowest BCUT2D eigenvalue weighted by molar-refractivity contribution is -0.123. The van der Waals surface area contributed by atoms with Gasteiger partial charge in [0.15, 0.2) is 6.67 Å². The summed E-state index contributed by atoms with van der Waals surface area (Å²) in [6.45, 7) is 2.73. The number of hydrogen-bond donors (Lipinski definition) is 2. The van der Waals surface area contributed by atoms with E-state index in [2.05, 4.69) is 17.1 Å². The van der Waals surface area contributed by atoms with Gasteiger partial charge in [-0.3, -0.25) is 9.69 Å². The molecule has 1 saturated heterocycles. The van der Waals surface area contributed by atoms with Gasteiger partial charge in [0.2, 0.25) is 0 Å². The monoisotopic (exact) mass is 376 g/mol. The molecule has 5 atom stereocenters. The zero-order valence-electron chi connectivity index (χ0n) is 16.3. The molecule has 5 heteroatoms. The number of benzene rings is 1. The van der Waals surface area contributed by atoms with E-state index in [9.17, 15) is 14.3 Å². The average Bonchev–Trinajstić information content (AvgIpc) is 2.68. The molecule has 1 heterocycles. The quantitative estimate of drug-likeness (QED) is 0.769. The molecule has 4 unspecified atom stereocenters. The summed E-state index contributed by atoms with van der Waals surface area (Å²) in [7, 11) is 0. The van der Waals surface area contributed by atoms with E-state index in [-0.39, 0.29) is 0 Å². The number of nitrogens with zero attached hydrogens (tertiary/aromatic N) is 1. The van der Waals surface area contributed by atoms with Crippen LogP contribution in [0.3, 0.4) is 0 Å². The van der Waals surface area contributed by atoms with Crippen molar-refractivity contribution in [2.75, 3.05) is 19.8 Å². The highest BCUT2D eigenvalue weighted by Crippen LogP contribution is 2.38. The smallest absolute Gasteiger partial charge is 0.251 e. The van der Waals surface area contributed by atoms with Gasteiger partial charge in [0, 0.05) is 19.1 Å². The Kier molecular flexibility index (Phi) is 7.25. The van der Waals surface area contributed by atoms with Crippen LogP contribution in [0, 0.1) is 11.8 Å². The second-order valence-corrected chi connectivity index (χ2v) is 8.41. The van der Waals surface area contributed by atoms with Crippen LogP contribution >= 0.6 is 0 Å². The molecule has 1 saturated carbocycles. The number of amides is 1. The van der Waals surface area contributed by atoms with Gasteiger partial charge in [-0.15, -0.1) is 0 Å². The number of piperidine rings is 1. The van der Waals surface area contributed by atoms with Crippen LogP contribution in [0.15, 0.2) is 30.3 Å². The Morgan fingerprint density at radius 2 is 1.96 bits per heavy atom. The number of β-amino-alcohol motifs (C(OH)–C–C–N with tert-alkyl or cyclic N) is 1. The molecule has 1 amide bonds. The number of carbonyl (C=O) groups is 1. The molecule has 2 aliphatic rings. The Hall–Kier alpha value is -1.46. The van der Waals surface area contributed by atoms with Gasteiger partial charge in [-0.2, -0.15) is 0 Å². The first-order chi connectivity index (χ1) is 13.1. The number of aliphatic hydroxyl groups is 1. The van der Waals surface area contributed by atoms with Crippen molar-refractivity contribution in [3.8, 4) is 0 Å². The molecule has 1 aliphatic carbocycles. The molecule has 3 rings (SSSR count).